The number of hydrogen-bond donors (Lipinski definition) is 0. The third-order valence-electron chi connectivity index (χ3n) is 4.27. The molecule has 1 aliphatic rings. The third kappa shape index (κ3) is 2.39. The minimum Gasteiger partial charge on any atom is -0.464 e. The maximum atomic E-state index is 14.0. The molecule has 4 rings (SSSR count). The van der Waals surface area contributed by atoms with Crippen LogP contribution in [0.1, 0.15) is 17.6 Å². The quantitative estimate of drug-likeness (QED) is 0.728. The fraction of sp³-hybridized carbons (Fsp3) is 0.353. The molecule has 3 aromatic rings. The number of aromatic nitrogens is 2. The number of morpholine rings is 1. The van der Waals surface area contributed by atoms with Crippen molar-refractivity contribution in [2.24, 2.45) is 7.05 Å². The molecule has 1 atom stereocenters. The summed E-state index contributed by atoms with van der Waals surface area (Å²) in [6.07, 6.45) is -0.137. The fourth-order valence-corrected chi connectivity index (χ4v) is 3.08. The van der Waals surface area contributed by atoms with Gasteiger partial charge in [-0.2, -0.15) is 0 Å². The normalized spacial score (nSPS) is 18.7. The minimum absolute atomic E-state index is 0.137. The van der Waals surface area contributed by atoms with E-state index >= 15 is 0 Å². The molecule has 0 aliphatic carbocycles. The van der Waals surface area contributed by atoms with Gasteiger partial charge in [0, 0.05) is 13.6 Å². The lowest BCUT2D eigenvalue weighted by molar-refractivity contribution is 0.0246. The van der Waals surface area contributed by atoms with E-state index in [1.54, 1.807) is 6.07 Å². The Bertz CT molecular complexity index is 855. The lowest BCUT2D eigenvalue weighted by Gasteiger charge is -2.32. The van der Waals surface area contributed by atoms with Crippen molar-refractivity contribution in [2.75, 3.05) is 24.6 Å². The van der Waals surface area contributed by atoms with Crippen molar-refractivity contribution in [1.82, 2.24) is 9.55 Å². The molecule has 0 spiro atoms. The molecule has 0 N–H and O–H groups in total. The molecule has 5 nitrogen and oxygen atoms in total. The van der Waals surface area contributed by atoms with Gasteiger partial charge in [0.1, 0.15) is 23.1 Å². The summed E-state index contributed by atoms with van der Waals surface area (Å²) in [7, 11) is 1.91. The van der Waals surface area contributed by atoms with Crippen LogP contribution < -0.4 is 4.90 Å². The molecular weight excluding hydrogens is 297 g/mol. The van der Waals surface area contributed by atoms with E-state index in [0.717, 1.165) is 29.5 Å². The number of halogens is 1. The summed E-state index contributed by atoms with van der Waals surface area (Å²) in [5.74, 6) is 2.14. The number of anilines is 1. The molecule has 0 saturated carbocycles. The van der Waals surface area contributed by atoms with Gasteiger partial charge in [0.05, 0.1) is 18.7 Å². The summed E-state index contributed by atoms with van der Waals surface area (Å²) in [6.45, 7) is 3.84. The van der Waals surface area contributed by atoms with Gasteiger partial charge in [-0.25, -0.2) is 9.37 Å². The largest absolute Gasteiger partial charge is 0.464 e. The Morgan fingerprint density at radius 3 is 2.87 bits per heavy atom. The second kappa shape index (κ2) is 5.38. The number of rotatable bonds is 2. The lowest BCUT2D eigenvalue weighted by Crippen LogP contribution is -2.39. The highest BCUT2D eigenvalue weighted by Crippen LogP contribution is 2.29. The molecule has 6 heteroatoms. The van der Waals surface area contributed by atoms with Gasteiger partial charge in [-0.3, -0.25) is 0 Å². The summed E-state index contributed by atoms with van der Waals surface area (Å²) in [5, 5.41) is 0. The van der Waals surface area contributed by atoms with Crippen LogP contribution in [0, 0.1) is 12.7 Å². The zero-order valence-electron chi connectivity index (χ0n) is 13.1. The number of para-hydroxylation sites is 1. The number of imidazole rings is 1. The predicted molar refractivity (Wildman–Crippen MR) is 85.0 cm³/mol. The van der Waals surface area contributed by atoms with Gasteiger partial charge in [-0.15, -0.1) is 0 Å². The van der Waals surface area contributed by atoms with Crippen LogP contribution in [0.25, 0.3) is 11.0 Å². The van der Waals surface area contributed by atoms with Crippen molar-refractivity contribution in [2.45, 2.75) is 13.0 Å². The van der Waals surface area contributed by atoms with Crippen molar-refractivity contribution >= 4 is 17.0 Å². The van der Waals surface area contributed by atoms with Crippen molar-refractivity contribution in [3.05, 3.63) is 47.7 Å². The first-order valence-electron chi connectivity index (χ1n) is 7.67. The molecule has 0 amide bonds. The van der Waals surface area contributed by atoms with Crippen LogP contribution in [0.5, 0.6) is 0 Å². The number of furan rings is 1. The summed E-state index contributed by atoms with van der Waals surface area (Å²) >= 11 is 0. The maximum absolute atomic E-state index is 14.0. The van der Waals surface area contributed by atoms with Gasteiger partial charge in [0.25, 0.3) is 0 Å². The molecule has 120 valence electrons. The Balaban J connectivity index is 1.67. The second-order valence-electron chi connectivity index (χ2n) is 5.83. The molecular formula is C17H18FN3O2. The number of hydrogen-bond acceptors (Lipinski definition) is 4. The van der Waals surface area contributed by atoms with E-state index in [-0.39, 0.29) is 11.9 Å². The standard InChI is InChI=1S/C17H18FN3O2/c1-11-6-7-14(23-11)15-10-21(8-9-22-15)17-19-16-12(18)4-3-5-13(16)20(17)2/h3-7,15H,8-10H2,1-2H3/t15-/m1/s1. The van der Waals surface area contributed by atoms with E-state index in [4.69, 9.17) is 9.15 Å². The fourth-order valence-electron chi connectivity index (χ4n) is 3.08. The molecule has 2 aromatic heterocycles. The molecule has 0 bridgehead atoms. The zero-order valence-corrected chi connectivity index (χ0v) is 13.1. The van der Waals surface area contributed by atoms with Gasteiger partial charge in [0.2, 0.25) is 5.95 Å². The van der Waals surface area contributed by atoms with Crippen molar-refractivity contribution in [3.8, 4) is 0 Å². The topological polar surface area (TPSA) is 43.4 Å². The van der Waals surface area contributed by atoms with Crippen LogP contribution >= 0.6 is 0 Å². The number of aryl methyl sites for hydroxylation is 2. The highest BCUT2D eigenvalue weighted by molar-refractivity contribution is 5.79. The molecule has 0 unspecified atom stereocenters. The van der Waals surface area contributed by atoms with Crippen LogP contribution in [-0.2, 0) is 11.8 Å². The first kappa shape index (κ1) is 14.3. The van der Waals surface area contributed by atoms with E-state index in [1.165, 1.54) is 6.07 Å². The number of ether oxygens (including phenoxy) is 1. The van der Waals surface area contributed by atoms with Crippen molar-refractivity contribution in [1.29, 1.82) is 0 Å². The monoisotopic (exact) mass is 315 g/mol. The van der Waals surface area contributed by atoms with Gasteiger partial charge in [-0.05, 0) is 31.2 Å². The van der Waals surface area contributed by atoms with Crippen LogP contribution in [0.15, 0.2) is 34.7 Å². The van der Waals surface area contributed by atoms with Crippen LogP contribution in [0.2, 0.25) is 0 Å². The van der Waals surface area contributed by atoms with Crippen molar-refractivity contribution in [3.63, 3.8) is 0 Å². The van der Waals surface area contributed by atoms with Crippen LogP contribution in [-0.4, -0.2) is 29.2 Å². The van der Waals surface area contributed by atoms with E-state index in [9.17, 15) is 4.39 Å². The average Bonchev–Trinajstić information content (AvgIpc) is 3.13. The maximum Gasteiger partial charge on any atom is 0.206 e. The van der Waals surface area contributed by atoms with E-state index < -0.39 is 0 Å². The number of benzene rings is 1. The van der Waals surface area contributed by atoms with Crippen molar-refractivity contribution < 1.29 is 13.5 Å². The Morgan fingerprint density at radius 1 is 1.26 bits per heavy atom. The molecule has 1 aliphatic heterocycles. The van der Waals surface area contributed by atoms with Gasteiger partial charge in [-0.1, -0.05) is 6.07 Å². The second-order valence-corrected chi connectivity index (χ2v) is 5.83. The third-order valence-corrected chi connectivity index (χ3v) is 4.27. The first-order valence-corrected chi connectivity index (χ1v) is 7.67. The lowest BCUT2D eigenvalue weighted by atomic mass is 10.2. The predicted octanol–water partition coefficient (Wildman–Crippen LogP) is 3.19. The Labute approximate surface area is 133 Å². The Morgan fingerprint density at radius 2 is 2.13 bits per heavy atom. The molecule has 23 heavy (non-hydrogen) atoms. The van der Waals surface area contributed by atoms with Gasteiger partial charge < -0.3 is 18.6 Å². The summed E-state index contributed by atoms with van der Waals surface area (Å²) in [5.41, 5.74) is 1.19. The summed E-state index contributed by atoms with van der Waals surface area (Å²) in [6, 6.07) is 8.90. The van der Waals surface area contributed by atoms with E-state index in [0.29, 0.717) is 18.7 Å². The van der Waals surface area contributed by atoms with Gasteiger partial charge >= 0.3 is 0 Å². The minimum atomic E-state index is -0.296. The molecule has 1 aromatic carbocycles. The highest BCUT2D eigenvalue weighted by Gasteiger charge is 2.27. The molecule has 1 saturated heterocycles. The zero-order chi connectivity index (χ0) is 16.0. The average molecular weight is 315 g/mol. The highest BCUT2D eigenvalue weighted by atomic mass is 19.1. The Kier molecular flexibility index (Phi) is 3.34. The summed E-state index contributed by atoms with van der Waals surface area (Å²) < 4.78 is 27.4. The number of fused-ring (bicyclic) bond motifs is 1. The van der Waals surface area contributed by atoms with Crippen LogP contribution in [0.3, 0.4) is 0 Å². The smallest absolute Gasteiger partial charge is 0.206 e. The van der Waals surface area contributed by atoms with Gasteiger partial charge in [0.15, 0.2) is 5.82 Å². The van der Waals surface area contributed by atoms with Crippen LogP contribution in [0.4, 0.5) is 10.3 Å². The van der Waals surface area contributed by atoms with E-state index in [2.05, 4.69) is 9.88 Å². The SMILES string of the molecule is Cc1ccc([C@H]2CN(c3nc4c(F)cccc4n3C)CCO2)o1. The summed E-state index contributed by atoms with van der Waals surface area (Å²) in [4.78, 5) is 6.61. The first-order chi connectivity index (χ1) is 11.1. The molecule has 3 heterocycles. The number of nitrogens with zero attached hydrogens (tertiary/aromatic N) is 3. The Hall–Kier alpha value is -2.34. The molecule has 1 fully saturated rings. The molecule has 0 radical (unpaired) electrons. The van der Waals surface area contributed by atoms with E-state index in [1.807, 2.05) is 36.7 Å².